The molecule has 18 heavy (non-hydrogen) atoms. The molecule has 0 amide bonds. The van der Waals surface area contributed by atoms with Gasteiger partial charge in [0.1, 0.15) is 13.2 Å². The molecule has 0 aliphatic heterocycles. The predicted molar refractivity (Wildman–Crippen MR) is 75.3 cm³/mol. The van der Waals surface area contributed by atoms with Gasteiger partial charge in [0.25, 0.3) is 5.22 Å². The molecule has 0 saturated carbocycles. The molecule has 0 fully saturated rings. The fourth-order valence-electron chi connectivity index (χ4n) is 1.87. The summed E-state index contributed by atoms with van der Waals surface area (Å²) in [6, 6.07) is 7.89. The van der Waals surface area contributed by atoms with Crippen LogP contribution in [0.1, 0.15) is 18.4 Å². The van der Waals surface area contributed by atoms with Crippen LogP contribution in [0.4, 0.5) is 0 Å². The number of aromatic nitrogens is 1. The second-order valence-corrected chi connectivity index (χ2v) is 5.17. The van der Waals surface area contributed by atoms with E-state index in [-0.39, 0.29) is 0 Å². The van der Waals surface area contributed by atoms with E-state index in [1.54, 1.807) is 11.8 Å². The van der Waals surface area contributed by atoms with Gasteiger partial charge in [-0.3, -0.25) is 0 Å². The third-order valence-electron chi connectivity index (χ3n) is 2.84. The molecule has 2 aromatic rings. The normalized spacial score (nSPS) is 13.6. The minimum atomic E-state index is 0.742. The van der Waals surface area contributed by atoms with Gasteiger partial charge in [-0.05, 0) is 24.5 Å². The summed E-state index contributed by atoms with van der Waals surface area (Å²) in [7, 11) is 5.65. The van der Waals surface area contributed by atoms with E-state index in [4.69, 9.17) is 12.3 Å². The van der Waals surface area contributed by atoms with Crippen LogP contribution in [0.3, 0.4) is 0 Å². The summed E-state index contributed by atoms with van der Waals surface area (Å²) in [6.45, 7) is 0. The first-order chi connectivity index (χ1) is 8.81. The van der Waals surface area contributed by atoms with Gasteiger partial charge < -0.3 is 4.42 Å². The Morgan fingerprint density at radius 2 is 1.94 bits per heavy atom. The Bertz CT molecular complexity index is 627. The lowest BCUT2D eigenvalue weighted by Gasteiger charge is -1.98. The van der Waals surface area contributed by atoms with Gasteiger partial charge in [-0.15, -0.1) is 0 Å². The Kier molecular flexibility index (Phi) is 3.28. The molecule has 0 unspecified atom stereocenters. The van der Waals surface area contributed by atoms with Crippen LogP contribution >= 0.6 is 11.8 Å². The van der Waals surface area contributed by atoms with Crippen LogP contribution in [-0.4, -0.2) is 12.8 Å². The molecule has 2 nitrogen and oxygen atoms in total. The number of fused-ring (bicyclic) bond motifs is 1. The highest BCUT2D eigenvalue weighted by Gasteiger charge is 2.05. The monoisotopic (exact) mass is 253 g/mol. The highest BCUT2D eigenvalue weighted by molar-refractivity contribution is 7.98. The molecule has 3 rings (SSSR count). The number of rotatable bonds is 3. The van der Waals surface area contributed by atoms with Crippen molar-refractivity contribution in [3.63, 3.8) is 0 Å². The zero-order valence-electron chi connectivity index (χ0n) is 9.93. The topological polar surface area (TPSA) is 26.0 Å². The molecular formula is C14H12BNOS. The van der Waals surface area contributed by atoms with E-state index in [9.17, 15) is 0 Å². The van der Waals surface area contributed by atoms with Crippen molar-refractivity contribution in [3.8, 4) is 0 Å². The van der Waals surface area contributed by atoms with E-state index in [0.717, 1.165) is 40.0 Å². The summed E-state index contributed by atoms with van der Waals surface area (Å²) in [5, 5.41) is 1.73. The molecule has 0 N–H and O–H groups in total. The minimum absolute atomic E-state index is 0.742. The summed E-state index contributed by atoms with van der Waals surface area (Å²) in [6.07, 6.45) is 6.34. The molecule has 1 heterocycles. The van der Waals surface area contributed by atoms with E-state index >= 15 is 0 Å². The van der Waals surface area contributed by atoms with E-state index in [2.05, 4.69) is 17.1 Å². The molecule has 0 saturated heterocycles. The van der Waals surface area contributed by atoms with Crippen LogP contribution in [0, 0.1) is 0 Å². The average Bonchev–Trinajstić information content (AvgIpc) is 2.81. The van der Waals surface area contributed by atoms with Gasteiger partial charge in [0, 0.05) is 5.75 Å². The molecule has 1 aliphatic carbocycles. The van der Waals surface area contributed by atoms with E-state index in [1.807, 2.05) is 24.3 Å². The quantitative estimate of drug-likeness (QED) is 0.605. The van der Waals surface area contributed by atoms with Crippen molar-refractivity contribution >= 4 is 37.2 Å². The highest BCUT2D eigenvalue weighted by atomic mass is 32.2. The zero-order chi connectivity index (χ0) is 12.4. The predicted octanol–water partition coefficient (Wildman–Crippen LogP) is 1.12. The van der Waals surface area contributed by atoms with Gasteiger partial charge >= 0.3 is 0 Å². The molecule has 1 aliphatic rings. The zero-order valence-corrected chi connectivity index (χ0v) is 10.7. The van der Waals surface area contributed by atoms with Crippen molar-refractivity contribution in [2.75, 3.05) is 0 Å². The molecule has 0 atom stereocenters. The number of hydrogen-bond donors (Lipinski definition) is 0. The minimum Gasteiger partial charge on any atom is -0.432 e. The standard InChI is InChI=1S/C14H12BNOS/c15-11-7-5-10(6-8-11)9-18-14-16-12-3-1-2-4-13(12)17-14/h3-8H,1-2,9H2. The molecular weight excluding hydrogens is 241 g/mol. The smallest absolute Gasteiger partial charge is 0.257 e. The summed E-state index contributed by atoms with van der Waals surface area (Å²) in [5.74, 6) is 0.847. The number of oxazole rings is 1. The molecule has 1 aromatic carbocycles. The number of nitrogens with zero attached hydrogens (tertiary/aromatic N) is 1. The summed E-state index contributed by atoms with van der Waals surface area (Å²) in [4.78, 5) is 4.47. The first-order valence-electron chi connectivity index (χ1n) is 5.96. The van der Waals surface area contributed by atoms with E-state index < -0.39 is 0 Å². The Hall–Kier alpha value is -1.42. The lowest BCUT2D eigenvalue weighted by Crippen LogP contribution is -2.23. The molecule has 2 radical (unpaired) electrons. The molecule has 4 heteroatoms. The van der Waals surface area contributed by atoms with Crippen molar-refractivity contribution in [1.82, 2.24) is 4.98 Å². The summed E-state index contributed by atoms with van der Waals surface area (Å²) in [5.41, 5.74) is 2.93. The fraction of sp³-hybridized carbons (Fsp3) is 0.214. The van der Waals surface area contributed by atoms with E-state index in [1.165, 1.54) is 5.56 Å². The van der Waals surface area contributed by atoms with Crippen molar-refractivity contribution in [1.29, 1.82) is 0 Å². The Morgan fingerprint density at radius 1 is 1.17 bits per heavy atom. The van der Waals surface area contributed by atoms with Crippen LogP contribution in [0.25, 0.3) is 12.2 Å². The second kappa shape index (κ2) is 5.06. The maximum absolute atomic E-state index is 5.69. The number of hydrogen-bond acceptors (Lipinski definition) is 3. The highest BCUT2D eigenvalue weighted by Crippen LogP contribution is 2.18. The lowest BCUT2D eigenvalue weighted by molar-refractivity contribution is 0.427. The van der Waals surface area contributed by atoms with Crippen molar-refractivity contribution in [2.24, 2.45) is 0 Å². The van der Waals surface area contributed by atoms with Crippen LogP contribution in [-0.2, 0) is 5.75 Å². The van der Waals surface area contributed by atoms with Crippen LogP contribution in [0.5, 0.6) is 0 Å². The van der Waals surface area contributed by atoms with Gasteiger partial charge in [0.15, 0.2) is 5.42 Å². The number of benzene rings is 1. The summed E-state index contributed by atoms with van der Waals surface area (Å²) >= 11 is 1.61. The number of thioether (sulfide) groups is 1. The lowest BCUT2D eigenvalue weighted by atomic mass is 9.96. The Morgan fingerprint density at radius 3 is 2.72 bits per heavy atom. The molecule has 0 bridgehead atoms. The molecule has 0 spiro atoms. The van der Waals surface area contributed by atoms with Crippen molar-refractivity contribution < 1.29 is 4.42 Å². The van der Waals surface area contributed by atoms with Gasteiger partial charge in [-0.1, -0.05) is 47.6 Å². The first-order valence-corrected chi connectivity index (χ1v) is 6.94. The van der Waals surface area contributed by atoms with Gasteiger partial charge in [-0.2, -0.15) is 0 Å². The van der Waals surface area contributed by atoms with Crippen LogP contribution in [0.15, 0.2) is 33.9 Å². The van der Waals surface area contributed by atoms with Crippen LogP contribution < -0.4 is 16.2 Å². The van der Waals surface area contributed by atoms with Crippen molar-refractivity contribution in [2.45, 2.75) is 23.8 Å². The largest absolute Gasteiger partial charge is 0.432 e. The second-order valence-electron chi connectivity index (χ2n) is 4.25. The van der Waals surface area contributed by atoms with Gasteiger partial charge in [0.2, 0.25) is 0 Å². The third kappa shape index (κ3) is 2.54. The average molecular weight is 253 g/mol. The molecule has 88 valence electrons. The fourth-order valence-corrected chi connectivity index (χ4v) is 2.66. The Balaban J connectivity index is 1.74. The van der Waals surface area contributed by atoms with Crippen molar-refractivity contribution in [3.05, 3.63) is 40.6 Å². The summed E-state index contributed by atoms with van der Waals surface area (Å²) < 4.78 is 5.69. The Labute approximate surface area is 111 Å². The van der Waals surface area contributed by atoms with E-state index in [0.29, 0.717) is 0 Å². The van der Waals surface area contributed by atoms with Crippen LogP contribution in [0.2, 0.25) is 0 Å². The maximum atomic E-state index is 5.69. The molecule has 1 aromatic heterocycles. The van der Waals surface area contributed by atoms with Gasteiger partial charge in [-0.25, -0.2) is 4.98 Å². The van der Waals surface area contributed by atoms with Gasteiger partial charge in [0.05, 0.1) is 0 Å². The first kappa shape index (κ1) is 11.7. The maximum Gasteiger partial charge on any atom is 0.257 e. The SMILES string of the molecule is [B]c1ccc(CSc2nc3c(o2)=CCCC=3)cc1. The third-order valence-corrected chi connectivity index (χ3v) is 3.74.